The van der Waals surface area contributed by atoms with Gasteiger partial charge in [0.2, 0.25) is 0 Å². The molecule has 0 bridgehead atoms. The maximum atomic E-state index is 11.8. The van der Waals surface area contributed by atoms with E-state index in [0.29, 0.717) is 28.6 Å². The van der Waals surface area contributed by atoms with Gasteiger partial charge in [0.1, 0.15) is 0 Å². The van der Waals surface area contributed by atoms with Crippen LogP contribution in [0.3, 0.4) is 0 Å². The van der Waals surface area contributed by atoms with E-state index in [0.717, 1.165) is 12.0 Å². The summed E-state index contributed by atoms with van der Waals surface area (Å²) < 4.78 is 5.00. The molecule has 3 nitrogen and oxygen atoms in total. The number of benzene rings is 1. The van der Waals surface area contributed by atoms with Crippen molar-refractivity contribution < 1.29 is 9.53 Å². The van der Waals surface area contributed by atoms with E-state index in [1.165, 1.54) is 0 Å². The number of ether oxygens (including phenoxy) is 1. The SMILES string of the molecule is CCOC(=O)c1cc(CC)cc(C#N)c1CBr. The number of nitriles is 1. The Bertz CT molecular complexity index is 463. The second-order valence-electron chi connectivity index (χ2n) is 3.49. The molecule has 0 aliphatic carbocycles. The third-order valence-corrected chi connectivity index (χ3v) is 3.03. The Hall–Kier alpha value is -1.34. The van der Waals surface area contributed by atoms with Crippen molar-refractivity contribution in [3.8, 4) is 6.07 Å². The maximum Gasteiger partial charge on any atom is 0.338 e. The number of carbonyl (C=O) groups excluding carboxylic acids is 1. The fraction of sp³-hybridized carbons (Fsp3) is 0.385. The lowest BCUT2D eigenvalue weighted by atomic mass is 9.98. The summed E-state index contributed by atoms with van der Waals surface area (Å²) in [6.07, 6.45) is 0.781. The first-order chi connectivity index (χ1) is 8.17. The van der Waals surface area contributed by atoms with E-state index in [9.17, 15) is 4.79 Å². The highest BCUT2D eigenvalue weighted by molar-refractivity contribution is 9.08. The zero-order valence-corrected chi connectivity index (χ0v) is 11.5. The number of carbonyl (C=O) groups is 1. The molecular weight excluding hydrogens is 282 g/mol. The van der Waals surface area contributed by atoms with Crippen LogP contribution in [-0.4, -0.2) is 12.6 Å². The van der Waals surface area contributed by atoms with Crippen LogP contribution in [0.1, 0.15) is 40.9 Å². The zero-order valence-electron chi connectivity index (χ0n) is 9.92. The fourth-order valence-corrected chi connectivity index (χ4v) is 2.17. The molecular formula is C13H14BrNO2. The van der Waals surface area contributed by atoms with Crippen molar-refractivity contribution >= 4 is 21.9 Å². The summed E-state index contributed by atoms with van der Waals surface area (Å²) in [6, 6.07) is 5.74. The lowest BCUT2D eigenvalue weighted by Crippen LogP contribution is -2.09. The number of hydrogen-bond donors (Lipinski definition) is 0. The van der Waals surface area contributed by atoms with Crippen LogP contribution in [0.4, 0.5) is 0 Å². The van der Waals surface area contributed by atoms with Crippen molar-refractivity contribution in [3.63, 3.8) is 0 Å². The Morgan fingerprint density at radius 2 is 2.18 bits per heavy atom. The van der Waals surface area contributed by atoms with Gasteiger partial charge in [0, 0.05) is 5.33 Å². The molecule has 0 spiro atoms. The zero-order chi connectivity index (χ0) is 12.8. The highest BCUT2D eigenvalue weighted by atomic mass is 79.9. The first kappa shape index (κ1) is 13.7. The first-order valence-electron chi connectivity index (χ1n) is 5.46. The van der Waals surface area contributed by atoms with Gasteiger partial charge in [-0.05, 0) is 36.6 Å². The minimum absolute atomic E-state index is 0.332. The van der Waals surface area contributed by atoms with Gasteiger partial charge in [-0.15, -0.1) is 0 Å². The van der Waals surface area contributed by atoms with Crippen LogP contribution in [0.5, 0.6) is 0 Å². The van der Waals surface area contributed by atoms with Crippen LogP contribution in [0.15, 0.2) is 12.1 Å². The van der Waals surface area contributed by atoms with Crippen LogP contribution in [-0.2, 0) is 16.5 Å². The highest BCUT2D eigenvalue weighted by Gasteiger charge is 2.16. The molecule has 17 heavy (non-hydrogen) atoms. The number of alkyl halides is 1. The van der Waals surface area contributed by atoms with Crippen LogP contribution in [0.25, 0.3) is 0 Å². The molecule has 0 saturated heterocycles. The summed E-state index contributed by atoms with van der Waals surface area (Å²) in [5, 5.41) is 9.55. The predicted molar refractivity (Wildman–Crippen MR) is 69.1 cm³/mol. The predicted octanol–water partition coefficient (Wildman–Crippen LogP) is 3.19. The summed E-state index contributed by atoms with van der Waals surface area (Å²) in [4.78, 5) is 11.8. The molecule has 1 aromatic carbocycles. The van der Waals surface area contributed by atoms with Crippen molar-refractivity contribution in [3.05, 3.63) is 34.4 Å². The standard InChI is InChI=1S/C13H14BrNO2/c1-3-9-5-10(8-15)12(7-14)11(6-9)13(16)17-4-2/h5-6H,3-4,7H2,1-2H3. The molecule has 0 N–H and O–H groups in total. The van der Waals surface area contributed by atoms with Crippen molar-refractivity contribution in [1.82, 2.24) is 0 Å². The van der Waals surface area contributed by atoms with E-state index in [1.807, 2.05) is 13.0 Å². The number of hydrogen-bond acceptors (Lipinski definition) is 3. The maximum absolute atomic E-state index is 11.8. The third kappa shape index (κ3) is 3.07. The Morgan fingerprint density at radius 3 is 2.65 bits per heavy atom. The summed E-state index contributed by atoms with van der Waals surface area (Å²) in [7, 11) is 0. The van der Waals surface area contributed by atoms with Crippen LogP contribution >= 0.6 is 15.9 Å². The Morgan fingerprint density at radius 1 is 1.47 bits per heavy atom. The van der Waals surface area contributed by atoms with E-state index in [1.54, 1.807) is 13.0 Å². The van der Waals surface area contributed by atoms with Gasteiger partial charge in [0.25, 0.3) is 0 Å². The van der Waals surface area contributed by atoms with Crippen molar-refractivity contribution in [2.24, 2.45) is 0 Å². The average molecular weight is 296 g/mol. The van der Waals surface area contributed by atoms with Gasteiger partial charge in [-0.25, -0.2) is 4.79 Å². The number of rotatable bonds is 4. The molecule has 0 aromatic heterocycles. The smallest absolute Gasteiger partial charge is 0.338 e. The minimum atomic E-state index is -0.367. The molecule has 0 atom stereocenters. The largest absolute Gasteiger partial charge is 0.462 e. The van der Waals surface area contributed by atoms with Crippen molar-refractivity contribution in [2.45, 2.75) is 25.6 Å². The highest BCUT2D eigenvalue weighted by Crippen LogP contribution is 2.21. The number of halogens is 1. The Balaban J connectivity index is 3.35. The molecule has 0 heterocycles. The van der Waals surface area contributed by atoms with E-state index < -0.39 is 0 Å². The summed E-state index contributed by atoms with van der Waals surface area (Å²) >= 11 is 3.31. The lowest BCUT2D eigenvalue weighted by Gasteiger charge is -2.10. The Kier molecular flexibility index (Phi) is 5.17. The lowest BCUT2D eigenvalue weighted by molar-refractivity contribution is 0.0525. The quantitative estimate of drug-likeness (QED) is 0.633. The number of nitrogens with zero attached hydrogens (tertiary/aromatic N) is 1. The third-order valence-electron chi connectivity index (χ3n) is 2.47. The van der Waals surface area contributed by atoms with E-state index in [2.05, 4.69) is 22.0 Å². The number of esters is 1. The van der Waals surface area contributed by atoms with Gasteiger partial charge in [-0.2, -0.15) is 5.26 Å². The molecule has 0 fully saturated rings. The fourth-order valence-electron chi connectivity index (χ4n) is 1.57. The average Bonchev–Trinajstić information content (AvgIpc) is 2.37. The molecule has 1 rings (SSSR count). The molecule has 0 amide bonds. The molecule has 90 valence electrons. The van der Waals surface area contributed by atoms with Gasteiger partial charge < -0.3 is 4.74 Å². The second kappa shape index (κ2) is 6.41. The summed E-state index contributed by atoms with van der Waals surface area (Å²) in [6.45, 7) is 4.08. The first-order valence-corrected chi connectivity index (χ1v) is 6.59. The molecule has 0 aliphatic heterocycles. The monoisotopic (exact) mass is 295 g/mol. The molecule has 0 aliphatic rings. The molecule has 0 radical (unpaired) electrons. The molecule has 1 aromatic rings. The van der Waals surface area contributed by atoms with Gasteiger partial charge in [-0.3, -0.25) is 0 Å². The Labute approximate surface area is 110 Å². The minimum Gasteiger partial charge on any atom is -0.462 e. The van der Waals surface area contributed by atoms with Gasteiger partial charge >= 0.3 is 5.97 Å². The summed E-state index contributed by atoms with van der Waals surface area (Å²) in [5.41, 5.74) is 2.68. The van der Waals surface area contributed by atoms with Crippen LogP contribution in [0.2, 0.25) is 0 Å². The topological polar surface area (TPSA) is 50.1 Å². The van der Waals surface area contributed by atoms with Crippen LogP contribution in [0, 0.1) is 11.3 Å². The second-order valence-corrected chi connectivity index (χ2v) is 4.05. The van der Waals surface area contributed by atoms with E-state index in [4.69, 9.17) is 10.00 Å². The van der Waals surface area contributed by atoms with Gasteiger partial charge in [0.05, 0.1) is 23.8 Å². The van der Waals surface area contributed by atoms with E-state index in [-0.39, 0.29) is 5.97 Å². The summed E-state index contributed by atoms with van der Waals surface area (Å²) in [5.74, 6) is -0.367. The van der Waals surface area contributed by atoms with Gasteiger partial charge in [-0.1, -0.05) is 22.9 Å². The number of aryl methyl sites for hydroxylation is 1. The van der Waals surface area contributed by atoms with Crippen LogP contribution < -0.4 is 0 Å². The molecule has 0 saturated carbocycles. The van der Waals surface area contributed by atoms with Gasteiger partial charge in [0.15, 0.2) is 0 Å². The molecule has 4 heteroatoms. The van der Waals surface area contributed by atoms with Crippen molar-refractivity contribution in [1.29, 1.82) is 5.26 Å². The normalized spacial score (nSPS) is 9.76. The van der Waals surface area contributed by atoms with Crippen molar-refractivity contribution in [2.75, 3.05) is 6.61 Å². The molecule has 0 unspecified atom stereocenters. The van der Waals surface area contributed by atoms with E-state index >= 15 is 0 Å².